The van der Waals surface area contributed by atoms with E-state index in [0.29, 0.717) is 33.0 Å². The van der Waals surface area contributed by atoms with Gasteiger partial charge in [0.15, 0.2) is 0 Å². The Kier molecular flexibility index (Phi) is 7.09. The molecule has 1 aliphatic heterocycles. The van der Waals surface area contributed by atoms with Crippen LogP contribution in [-0.4, -0.2) is 35.0 Å². The van der Waals surface area contributed by atoms with Gasteiger partial charge in [0.05, 0.1) is 45.2 Å². The van der Waals surface area contributed by atoms with E-state index in [4.69, 9.17) is 19.9 Å². The monoisotopic (exact) mass is 421 g/mol. The summed E-state index contributed by atoms with van der Waals surface area (Å²) in [5, 5.41) is 0. The molecule has 0 bridgehead atoms. The first-order valence-electron chi connectivity index (χ1n) is 10.4. The predicted molar refractivity (Wildman–Crippen MR) is 117 cm³/mol. The molecule has 0 amide bonds. The molecule has 7 nitrogen and oxygen atoms in total. The molecule has 3 atom stereocenters. The van der Waals surface area contributed by atoms with Crippen LogP contribution in [0, 0.1) is 5.92 Å². The van der Waals surface area contributed by atoms with Crippen molar-refractivity contribution in [3.63, 3.8) is 0 Å². The molecular formula is C24H27N3O4. The first-order chi connectivity index (χ1) is 15.2. The number of nitrogens with zero attached hydrogens (tertiary/aromatic N) is 2. The van der Waals surface area contributed by atoms with Gasteiger partial charge < -0.3 is 19.9 Å². The molecule has 31 heavy (non-hydrogen) atoms. The Morgan fingerprint density at radius 1 is 0.871 bits per heavy atom. The van der Waals surface area contributed by atoms with Gasteiger partial charge in [-0.1, -0.05) is 60.7 Å². The van der Waals surface area contributed by atoms with E-state index < -0.39 is 0 Å². The number of benzene rings is 2. The second kappa shape index (κ2) is 10.3. The standard InChI is InChI=1S/C24H27N3O4/c25-23-11-12-27(24(28)26-23)13-21-20(16-29-14-18-7-3-1-4-8-18)22(31-21)17-30-15-19-9-5-2-6-10-19/h1-12,20-22H,13-17H2,(H2,25,26,28)/t20-,21-,22+/m0/s1. The van der Waals surface area contributed by atoms with Gasteiger partial charge in [-0.25, -0.2) is 4.79 Å². The van der Waals surface area contributed by atoms with E-state index in [-0.39, 0.29) is 29.6 Å². The van der Waals surface area contributed by atoms with Crippen molar-refractivity contribution in [1.29, 1.82) is 0 Å². The van der Waals surface area contributed by atoms with Crippen LogP contribution in [0.4, 0.5) is 5.82 Å². The maximum absolute atomic E-state index is 12.1. The van der Waals surface area contributed by atoms with Crippen LogP contribution in [-0.2, 0) is 34.0 Å². The lowest BCUT2D eigenvalue weighted by atomic mass is 9.90. The first kappa shape index (κ1) is 21.2. The highest BCUT2D eigenvalue weighted by Crippen LogP contribution is 2.31. The number of anilines is 1. The predicted octanol–water partition coefficient (Wildman–Crippen LogP) is 2.64. The minimum atomic E-state index is -0.378. The summed E-state index contributed by atoms with van der Waals surface area (Å²) in [6.07, 6.45) is 1.42. The van der Waals surface area contributed by atoms with E-state index >= 15 is 0 Å². The Labute approximate surface area is 181 Å². The molecular weight excluding hydrogens is 394 g/mol. The van der Waals surface area contributed by atoms with Crippen molar-refractivity contribution in [2.24, 2.45) is 5.92 Å². The Balaban J connectivity index is 1.34. The molecule has 2 heterocycles. The van der Waals surface area contributed by atoms with Crippen molar-refractivity contribution < 1.29 is 14.2 Å². The van der Waals surface area contributed by atoms with Gasteiger partial charge in [-0.2, -0.15) is 4.98 Å². The molecule has 0 unspecified atom stereocenters. The fraction of sp³-hybridized carbons (Fsp3) is 0.333. The molecule has 1 aliphatic rings. The third-order valence-electron chi connectivity index (χ3n) is 5.39. The number of rotatable bonds is 10. The van der Waals surface area contributed by atoms with Gasteiger partial charge in [0.2, 0.25) is 0 Å². The molecule has 1 fully saturated rings. The van der Waals surface area contributed by atoms with Crippen molar-refractivity contribution in [1.82, 2.24) is 9.55 Å². The van der Waals surface area contributed by atoms with Crippen LogP contribution in [0.3, 0.4) is 0 Å². The van der Waals surface area contributed by atoms with Gasteiger partial charge in [-0.15, -0.1) is 0 Å². The average molecular weight is 421 g/mol. The van der Waals surface area contributed by atoms with Crippen LogP contribution in [0.1, 0.15) is 11.1 Å². The van der Waals surface area contributed by atoms with Gasteiger partial charge >= 0.3 is 5.69 Å². The van der Waals surface area contributed by atoms with Crippen molar-refractivity contribution in [3.05, 3.63) is 94.5 Å². The molecule has 4 rings (SSSR count). The van der Waals surface area contributed by atoms with E-state index in [1.807, 2.05) is 60.7 Å². The summed E-state index contributed by atoms with van der Waals surface area (Å²) in [5.74, 6) is 0.328. The molecule has 1 aromatic heterocycles. The van der Waals surface area contributed by atoms with E-state index in [9.17, 15) is 4.79 Å². The summed E-state index contributed by atoms with van der Waals surface area (Å²) >= 11 is 0. The molecule has 162 valence electrons. The van der Waals surface area contributed by atoms with Crippen LogP contribution in [0.5, 0.6) is 0 Å². The highest BCUT2D eigenvalue weighted by Gasteiger charge is 2.42. The molecule has 7 heteroatoms. The van der Waals surface area contributed by atoms with Gasteiger partial charge in [-0.3, -0.25) is 4.57 Å². The molecule has 0 radical (unpaired) electrons. The van der Waals surface area contributed by atoms with Crippen molar-refractivity contribution >= 4 is 5.82 Å². The lowest BCUT2D eigenvalue weighted by molar-refractivity contribution is -0.226. The number of nitrogens with two attached hydrogens (primary N) is 1. The van der Waals surface area contributed by atoms with Crippen LogP contribution in [0.15, 0.2) is 77.7 Å². The molecule has 0 spiro atoms. The van der Waals surface area contributed by atoms with E-state index in [1.54, 1.807) is 12.3 Å². The molecule has 2 N–H and O–H groups in total. The van der Waals surface area contributed by atoms with Crippen molar-refractivity contribution in [2.75, 3.05) is 18.9 Å². The summed E-state index contributed by atoms with van der Waals surface area (Å²) in [7, 11) is 0. The lowest BCUT2D eigenvalue weighted by Gasteiger charge is -2.44. The number of nitrogen functional groups attached to an aromatic ring is 1. The fourth-order valence-corrected chi connectivity index (χ4v) is 3.66. The Morgan fingerprint density at radius 2 is 1.48 bits per heavy atom. The normalized spacial score (nSPS) is 20.3. The van der Waals surface area contributed by atoms with Gasteiger partial charge in [0, 0.05) is 12.1 Å². The highest BCUT2D eigenvalue weighted by molar-refractivity contribution is 5.23. The Hall–Kier alpha value is -3.00. The van der Waals surface area contributed by atoms with E-state index in [2.05, 4.69) is 4.98 Å². The zero-order valence-corrected chi connectivity index (χ0v) is 17.3. The second-order valence-corrected chi connectivity index (χ2v) is 7.67. The molecule has 3 aromatic rings. The summed E-state index contributed by atoms with van der Waals surface area (Å²) in [5.41, 5.74) is 7.45. The number of aromatic nitrogens is 2. The number of hydrogen-bond donors (Lipinski definition) is 1. The number of ether oxygens (including phenoxy) is 3. The minimum absolute atomic E-state index is 0.0815. The SMILES string of the molecule is Nc1ccn(C[C@@H]2O[C@H](COCc3ccccc3)[C@H]2COCc2ccccc2)c(=O)n1. The summed E-state index contributed by atoms with van der Waals surface area (Å²) < 4.78 is 19.4. The molecule has 2 aromatic carbocycles. The van der Waals surface area contributed by atoms with Crippen LogP contribution in [0.2, 0.25) is 0 Å². The van der Waals surface area contributed by atoms with Gasteiger partial charge in [0.25, 0.3) is 0 Å². The largest absolute Gasteiger partial charge is 0.383 e. The summed E-state index contributed by atoms with van der Waals surface area (Å²) in [4.78, 5) is 15.9. The summed E-state index contributed by atoms with van der Waals surface area (Å²) in [6, 6.07) is 21.7. The molecule has 0 aliphatic carbocycles. The van der Waals surface area contributed by atoms with Crippen molar-refractivity contribution in [3.8, 4) is 0 Å². The van der Waals surface area contributed by atoms with E-state index in [0.717, 1.165) is 11.1 Å². The van der Waals surface area contributed by atoms with Crippen LogP contribution < -0.4 is 11.4 Å². The van der Waals surface area contributed by atoms with Gasteiger partial charge in [-0.05, 0) is 17.2 Å². The quantitative estimate of drug-likeness (QED) is 0.541. The fourth-order valence-electron chi connectivity index (χ4n) is 3.66. The van der Waals surface area contributed by atoms with Crippen LogP contribution >= 0.6 is 0 Å². The van der Waals surface area contributed by atoms with Crippen LogP contribution in [0.25, 0.3) is 0 Å². The van der Waals surface area contributed by atoms with E-state index in [1.165, 1.54) is 4.57 Å². The highest BCUT2D eigenvalue weighted by atomic mass is 16.6. The third kappa shape index (κ3) is 5.79. The zero-order valence-electron chi connectivity index (χ0n) is 17.3. The number of hydrogen-bond acceptors (Lipinski definition) is 6. The van der Waals surface area contributed by atoms with Crippen molar-refractivity contribution in [2.45, 2.75) is 32.0 Å². The second-order valence-electron chi connectivity index (χ2n) is 7.67. The Bertz CT molecular complexity index is 1010. The average Bonchev–Trinajstić information content (AvgIpc) is 2.78. The summed E-state index contributed by atoms with van der Waals surface area (Å²) in [6.45, 7) is 2.46. The minimum Gasteiger partial charge on any atom is -0.383 e. The lowest BCUT2D eigenvalue weighted by Crippen LogP contribution is -2.55. The maximum atomic E-state index is 12.1. The molecule has 1 saturated heterocycles. The maximum Gasteiger partial charge on any atom is 0.349 e. The third-order valence-corrected chi connectivity index (χ3v) is 5.39. The topological polar surface area (TPSA) is 88.6 Å². The smallest absolute Gasteiger partial charge is 0.349 e. The Morgan fingerprint density at radius 3 is 2.10 bits per heavy atom. The first-order valence-corrected chi connectivity index (χ1v) is 10.4. The zero-order chi connectivity index (χ0) is 21.5. The van der Waals surface area contributed by atoms with Gasteiger partial charge in [0.1, 0.15) is 5.82 Å². The molecule has 0 saturated carbocycles.